The lowest BCUT2D eigenvalue weighted by Crippen LogP contribution is -2.03. The molecule has 0 heterocycles. The van der Waals surface area contributed by atoms with Crippen molar-refractivity contribution in [2.24, 2.45) is 5.41 Å². The number of halogens is 1. The number of rotatable bonds is 10. The van der Waals surface area contributed by atoms with Crippen LogP contribution < -0.4 is 0 Å². The lowest BCUT2D eigenvalue weighted by Gasteiger charge is -2.16. The Kier molecular flexibility index (Phi) is 11.7. The fraction of sp³-hybridized carbons (Fsp3) is 0.371. The van der Waals surface area contributed by atoms with Crippen LogP contribution in [0.15, 0.2) is 84.5 Å². The van der Waals surface area contributed by atoms with Gasteiger partial charge in [-0.25, -0.2) is 0 Å². The van der Waals surface area contributed by atoms with Crippen molar-refractivity contribution in [3.63, 3.8) is 0 Å². The topological polar surface area (TPSA) is 0 Å². The lowest BCUT2D eigenvalue weighted by molar-refractivity contribution is 0.382. The Morgan fingerprint density at radius 1 is 0.944 bits per heavy atom. The lowest BCUT2D eigenvalue weighted by atomic mass is 9.89. The molecule has 0 nitrogen and oxygen atoms in total. The Bertz CT molecular complexity index is 1140. The van der Waals surface area contributed by atoms with Crippen LogP contribution in [-0.2, 0) is 0 Å². The first-order valence-corrected chi connectivity index (χ1v) is 13.7. The van der Waals surface area contributed by atoms with Crippen molar-refractivity contribution in [1.29, 1.82) is 0 Å². The van der Waals surface area contributed by atoms with Gasteiger partial charge in [-0.3, -0.25) is 0 Å². The molecule has 1 heteroatoms. The standard InChI is InChI=1S/C35H45Cl/c1-9-11-12-16-27(4)32-25-33(34(36)24-28(32)5)31-21-19-30(20-22-31)29(17-13-15-26(3)10-2)18-14-23-35(6,7)8/h11-13,15-22,24-25H,9-10,14,23H2,1-8H3/b12-11+,17-13-,26-15+,27-16+,29-18-. The second kappa shape index (κ2) is 14.2. The van der Waals surface area contributed by atoms with Gasteiger partial charge in [-0.15, -0.1) is 0 Å². The number of benzene rings is 2. The van der Waals surface area contributed by atoms with Crippen LogP contribution in [-0.4, -0.2) is 0 Å². The number of hydrogen-bond donors (Lipinski definition) is 0. The average Bonchev–Trinajstić information content (AvgIpc) is 2.82. The summed E-state index contributed by atoms with van der Waals surface area (Å²) in [5.41, 5.74) is 10.1. The third kappa shape index (κ3) is 9.47. The Hall–Kier alpha value is -2.57. The van der Waals surface area contributed by atoms with E-state index in [2.05, 4.69) is 134 Å². The number of aryl methyl sites for hydroxylation is 1. The van der Waals surface area contributed by atoms with Crippen molar-refractivity contribution in [2.75, 3.05) is 0 Å². The van der Waals surface area contributed by atoms with Gasteiger partial charge in [0.05, 0.1) is 0 Å². The van der Waals surface area contributed by atoms with Gasteiger partial charge in [0.15, 0.2) is 0 Å². The molecule has 0 aliphatic rings. The van der Waals surface area contributed by atoms with Crippen LogP contribution in [0.5, 0.6) is 0 Å². The molecular formula is C35H45Cl. The van der Waals surface area contributed by atoms with E-state index in [0.29, 0.717) is 5.41 Å². The number of allylic oxidation sites excluding steroid dienone is 10. The van der Waals surface area contributed by atoms with Gasteiger partial charge in [-0.2, -0.15) is 0 Å². The summed E-state index contributed by atoms with van der Waals surface area (Å²) in [4.78, 5) is 0. The van der Waals surface area contributed by atoms with Gasteiger partial charge in [0, 0.05) is 10.6 Å². The van der Waals surface area contributed by atoms with Gasteiger partial charge in [-0.05, 0) is 97.4 Å². The summed E-state index contributed by atoms with van der Waals surface area (Å²) in [6.45, 7) is 17.7. The smallest absolute Gasteiger partial charge is 0.0487 e. The van der Waals surface area contributed by atoms with E-state index in [4.69, 9.17) is 11.6 Å². The molecule has 36 heavy (non-hydrogen) atoms. The Balaban J connectivity index is 2.42. The molecule has 2 aromatic rings. The molecule has 0 amide bonds. The van der Waals surface area contributed by atoms with Gasteiger partial charge in [0.25, 0.3) is 0 Å². The van der Waals surface area contributed by atoms with Crippen LogP contribution in [0.4, 0.5) is 0 Å². The summed E-state index contributed by atoms with van der Waals surface area (Å²) in [6, 6.07) is 13.2. The molecule has 2 rings (SSSR count). The van der Waals surface area contributed by atoms with Gasteiger partial charge in [0.2, 0.25) is 0 Å². The van der Waals surface area contributed by atoms with Crippen molar-refractivity contribution >= 4 is 22.7 Å². The predicted molar refractivity (Wildman–Crippen MR) is 165 cm³/mol. The minimum atomic E-state index is 0.326. The SMILES string of the molecule is CC/C=C/C=C(\C)c1cc(-c2ccc(C(/C=C\C=C(/C)CC)=C\CCC(C)(C)C)cc2)c(Cl)cc1C. The van der Waals surface area contributed by atoms with Gasteiger partial charge in [-0.1, -0.05) is 119 Å². The van der Waals surface area contributed by atoms with E-state index >= 15 is 0 Å². The molecule has 2 aromatic carbocycles. The molecule has 192 valence electrons. The van der Waals surface area contributed by atoms with E-state index in [1.807, 2.05) is 0 Å². The van der Waals surface area contributed by atoms with Crippen LogP contribution in [0.3, 0.4) is 0 Å². The maximum Gasteiger partial charge on any atom is 0.0487 e. The van der Waals surface area contributed by atoms with Crippen LogP contribution in [0.2, 0.25) is 5.02 Å². The van der Waals surface area contributed by atoms with Crippen LogP contribution in [0.1, 0.15) is 90.8 Å². The second-order valence-corrected chi connectivity index (χ2v) is 11.3. The average molecular weight is 501 g/mol. The van der Waals surface area contributed by atoms with Crippen LogP contribution in [0.25, 0.3) is 22.3 Å². The zero-order chi connectivity index (χ0) is 26.7. The second-order valence-electron chi connectivity index (χ2n) is 10.9. The zero-order valence-electron chi connectivity index (χ0n) is 23.7. The van der Waals surface area contributed by atoms with Gasteiger partial charge < -0.3 is 0 Å². The molecule has 0 aromatic heterocycles. The largest absolute Gasteiger partial charge is 0.0848 e. The van der Waals surface area contributed by atoms with E-state index in [-0.39, 0.29) is 0 Å². The summed E-state index contributed by atoms with van der Waals surface area (Å²) in [7, 11) is 0. The van der Waals surface area contributed by atoms with Crippen LogP contribution >= 0.6 is 11.6 Å². The zero-order valence-corrected chi connectivity index (χ0v) is 24.5. The molecule has 0 radical (unpaired) electrons. The molecule has 0 bridgehead atoms. The van der Waals surface area contributed by atoms with Gasteiger partial charge >= 0.3 is 0 Å². The van der Waals surface area contributed by atoms with E-state index in [1.165, 1.54) is 33.4 Å². The van der Waals surface area contributed by atoms with Crippen molar-refractivity contribution in [2.45, 2.75) is 81.1 Å². The van der Waals surface area contributed by atoms with Crippen LogP contribution in [0, 0.1) is 12.3 Å². The fourth-order valence-electron chi connectivity index (χ4n) is 3.98. The highest BCUT2D eigenvalue weighted by Crippen LogP contribution is 2.34. The molecule has 0 atom stereocenters. The van der Waals surface area contributed by atoms with E-state index < -0.39 is 0 Å². The third-order valence-corrected chi connectivity index (χ3v) is 6.77. The molecular weight excluding hydrogens is 456 g/mol. The normalized spacial score (nSPS) is 13.9. The van der Waals surface area contributed by atoms with Crippen molar-refractivity contribution < 1.29 is 0 Å². The molecule has 0 N–H and O–H groups in total. The third-order valence-electron chi connectivity index (χ3n) is 6.46. The highest BCUT2D eigenvalue weighted by Gasteiger charge is 2.11. The molecule has 0 aliphatic heterocycles. The Morgan fingerprint density at radius 2 is 1.64 bits per heavy atom. The minimum Gasteiger partial charge on any atom is -0.0848 e. The first-order valence-electron chi connectivity index (χ1n) is 13.3. The number of hydrogen-bond acceptors (Lipinski definition) is 0. The fourth-order valence-corrected chi connectivity index (χ4v) is 4.30. The molecule has 0 fully saturated rings. The Labute approximate surface area is 226 Å². The maximum atomic E-state index is 6.73. The molecule has 0 unspecified atom stereocenters. The molecule has 0 saturated carbocycles. The summed E-state index contributed by atoms with van der Waals surface area (Å²) < 4.78 is 0. The van der Waals surface area contributed by atoms with E-state index in [9.17, 15) is 0 Å². The highest BCUT2D eigenvalue weighted by atomic mass is 35.5. The summed E-state index contributed by atoms with van der Waals surface area (Å²) >= 11 is 6.73. The molecule has 0 spiro atoms. The monoisotopic (exact) mass is 500 g/mol. The van der Waals surface area contributed by atoms with E-state index in [1.54, 1.807) is 0 Å². The molecule has 0 aliphatic carbocycles. The van der Waals surface area contributed by atoms with E-state index in [0.717, 1.165) is 41.8 Å². The van der Waals surface area contributed by atoms with Crippen molar-refractivity contribution in [3.8, 4) is 11.1 Å². The summed E-state index contributed by atoms with van der Waals surface area (Å²) in [5, 5.41) is 0.793. The first-order chi connectivity index (χ1) is 17.1. The summed E-state index contributed by atoms with van der Waals surface area (Å²) in [6.07, 6.45) is 19.8. The maximum absolute atomic E-state index is 6.73. The van der Waals surface area contributed by atoms with Crippen molar-refractivity contribution in [1.82, 2.24) is 0 Å². The highest BCUT2D eigenvalue weighted by molar-refractivity contribution is 6.33. The van der Waals surface area contributed by atoms with Crippen molar-refractivity contribution in [3.05, 3.63) is 106 Å². The quantitative estimate of drug-likeness (QED) is 0.284. The predicted octanol–water partition coefficient (Wildman–Crippen LogP) is 11.8. The summed E-state index contributed by atoms with van der Waals surface area (Å²) in [5.74, 6) is 0. The first kappa shape index (κ1) is 29.7. The molecule has 0 saturated heterocycles. The van der Waals surface area contributed by atoms with Gasteiger partial charge in [0.1, 0.15) is 0 Å². The minimum absolute atomic E-state index is 0.326. The Morgan fingerprint density at radius 3 is 2.25 bits per heavy atom.